The summed E-state index contributed by atoms with van der Waals surface area (Å²) < 4.78 is 6.49. The highest BCUT2D eigenvalue weighted by molar-refractivity contribution is 7.22. The Morgan fingerprint density at radius 2 is 2.20 bits per heavy atom. The van der Waals surface area contributed by atoms with Crippen molar-refractivity contribution in [2.24, 2.45) is 0 Å². The summed E-state index contributed by atoms with van der Waals surface area (Å²) in [4.78, 5) is 18.6. The largest absolute Gasteiger partial charge is 0.459 e. The molecule has 0 amide bonds. The maximum atomic E-state index is 12.2. The van der Waals surface area contributed by atoms with Crippen molar-refractivity contribution in [3.63, 3.8) is 0 Å². The van der Waals surface area contributed by atoms with Gasteiger partial charge in [-0.15, -0.1) is 0 Å². The molecule has 1 aliphatic rings. The molecule has 5 nitrogen and oxygen atoms in total. The average Bonchev–Trinajstić information content (AvgIpc) is 2.80. The third-order valence-corrected chi connectivity index (χ3v) is 4.43. The fraction of sp³-hybridized carbons (Fsp3) is 0.429. The van der Waals surface area contributed by atoms with E-state index in [1.165, 1.54) is 11.3 Å². The molecule has 0 bridgehead atoms. The number of carbonyl (C=O) groups is 1. The fourth-order valence-electron chi connectivity index (χ4n) is 2.39. The first-order chi connectivity index (χ1) is 9.61. The van der Waals surface area contributed by atoms with Crippen LogP contribution in [-0.2, 0) is 4.74 Å². The van der Waals surface area contributed by atoms with E-state index in [0.29, 0.717) is 10.7 Å². The van der Waals surface area contributed by atoms with Gasteiger partial charge in [0.1, 0.15) is 6.10 Å². The van der Waals surface area contributed by atoms with Gasteiger partial charge in [-0.3, -0.25) is 0 Å². The number of hydrogen-bond donors (Lipinski definition) is 1. The Balaban J connectivity index is 1.71. The minimum atomic E-state index is -0.256. The molecular formula is C14H17N3O2S. The highest BCUT2D eigenvalue weighted by Crippen LogP contribution is 2.25. The topological polar surface area (TPSA) is 68.5 Å². The lowest BCUT2D eigenvalue weighted by molar-refractivity contribution is 0.0139. The number of piperidine rings is 1. The number of nitrogens with two attached hydrogens (primary N) is 1. The zero-order valence-corrected chi connectivity index (χ0v) is 12.2. The third-order valence-electron chi connectivity index (χ3n) is 3.58. The van der Waals surface area contributed by atoms with Crippen molar-refractivity contribution in [2.75, 3.05) is 25.9 Å². The van der Waals surface area contributed by atoms with Gasteiger partial charge in [0.25, 0.3) is 0 Å². The first kappa shape index (κ1) is 13.3. The van der Waals surface area contributed by atoms with Crippen molar-refractivity contribution >= 4 is 32.7 Å². The Labute approximate surface area is 121 Å². The van der Waals surface area contributed by atoms with Crippen LogP contribution < -0.4 is 5.73 Å². The van der Waals surface area contributed by atoms with E-state index in [2.05, 4.69) is 16.9 Å². The Kier molecular flexibility index (Phi) is 3.58. The summed E-state index contributed by atoms with van der Waals surface area (Å²) in [7, 11) is 2.08. The number of fused-ring (bicyclic) bond motifs is 1. The Bertz CT molecular complexity index is 632. The smallest absolute Gasteiger partial charge is 0.338 e. The van der Waals surface area contributed by atoms with Crippen molar-refractivity contribution in [1.29, 1.82) is 0 Å². The molecule has 106 valence electrons. The number of likely N-dealkylation sites (tertiary alicyclic amines) is 1. The number of esters is 1. The van der Waals surface area contributed by atoms with Crippen LogP contribution in [0.3, 0.4) is 0 Å². The number of hydrogen-bond acceptors (Lipinski definition) is 6. The van der Waals surface area contributed by atoms with Crippen LogP contribution in [0, 0.1) is 0 Å². The van der Waals surface area contributed by atoms with Crippen molar-refractivity contribution in [3.8, 4) is 0 Å². The lowest BCUT2D eigenvalue weighted by Gasteiger charge is -2.28. The first-order valence-corrected chi connectivity index (χ1v) is 7.49. The predicted octanol–water partition coefficient (Wildman–Crippen LogP) is 2.13. The van der Waals surface area contributed by atoms with Gasteiger partial charge in [-0.1, -0.05) is 11.3 Å². The molecule has 2 N–H and O–H groups in total. The summed E-state index contributed by atoms with van der Waals surface area (Å²) in [6, 6.07) is 5.37. The van der Waals surface area contributed by atoms with Crippen molar-refractivity contribution < 1.29 is 9.53 Å². The molecule has 1 fully saturated rings. The fourth-order valence-corrected chi connectivity index (χ4v) is 3.17. The van der Waals surface area contributed by atoms with Gasteiger partial charge < -0.3 is 15.4 Å². The number of nitrogen functional groups attached to an aromatic ring is 1. The number of aromatic nitrogens is 1. The molecule has 0 atom stereocenters. The lowest BCUT2D eigenvalue weighted by atomic mass is 10.1. The van der Waals surface area contributed by atoms with E-state index in [9.17, 15) is 4.79 Å². The van der Waals surface area contributed by atoms with Gasteiger partial charge in [0, 0.05) is 13.1 Å². The third kappa shape index (κ3) is 2.76. The van der Waals surface area contributed by atoms with Gasteiger partial charge in [-0.05, 0) is 38.1 Å². The maximum absolute atomic E-state index is 12.2. The van der Waals surface area contributed by atoms with Crippen LogP contribution in [0.15, 0.2) is 18.2 Å². The zero-order valence-electron chi connectivity index (χ0n) is 11.3. The summed E-state index contributed by atoms with van der Waals surface area (Å²) in [6.45, 7) is 1.95. The van der Waals surface area contributed by atoms with Crippen LogP contribution >= 0.6 is 11.3 Å². The standard InChI is InChI=1S/C14H17N3O2S/c1-17-6-4-10(5-7-17)19-13(18)9-2-3-11-12(8-9)20-14(15)16-11/h2-3,8,10H,4-7H2,1H3,(H2,15,16). The van der Waals surface area contributed by atoms with Gasteiger partial charge in [-0.2, -0.15) is 0 Å². The normalized spacial score (nSPS) is 17.4. The molecule has 6 heteroatoms. The molecule has 1 saturated heterocycles. The molecule has 0 spiro atoms. The van der Waals surface area contributed by atoms with E-state index in [1.54, 1.807) is 12.1 Å². The summed E-state index contributed by atoms with van der Waals surface area (Å²) in [5.41, 5.74) is 7.06. The Morgan fingerprint density at radius 1 is 1.45 bits per heavy atom. The molecule has 1 aromatic heterocycles. The van der Waals surface area contributed by atoms with E-state index < -0.39 is 0 Å². The number of benzene rings is 1. The average molecular weight is 291 g/mol. The molecule has 1 aliphatic heterocycles. The van der Waals surface area contributed by atoms with Crippen LogP contribution in [0.1, 0.15) is 23.2 Å². The van der Waals surface area contributed by atoms with Crippen LogP contribution in [0.2, 0.25) is 0 Å². The zero-order chi connectivity index (χ0) is 14.1. The number of nitrogens with zero attached hydrogens (tertiary/aromatic N) is 2. The summed E-state index contributed by atoms with van der Waals surface area (Å²) in [5.74, 6) is -0.256. The molecule has 0 unspecified atom stereocenters. The number of rotatable bonds is 2. The number of ether oxygens (including phenoxy) is 1. The predicted molar refractivity (Wildman–Crippen MR) is 80.0 cm³/mol. The molecular weight excluding hydrogens is 274 g/mol. The van der Waals surface area contributed by atoms with Crippen molar-refractivity contribution in [1.82, 2.24) is 9.88 Å². The molecule has 0 radical (unpaired) electrons. The SMILES string of the molecule is CN1CCC(OC(=O)c2ccc3nc(N)sc3c2)CC1. The summed E-state index contributed by atoms with van der Waals surface area (Å²) >= 11 is 1.38. The maximum Gasteiger partial charge on any atom is 0.338 e. The monoisotopic (exact) mass is 291 g/mol. The second-order valence-corrected chi connectivity index (χ2v) is 6.20. The lowest BCUT2D eigenvalue weighted by Crippen LogP contribution is -2.35. The van der Waals surface area contributed by atoms with Gasteiger partial charge in [0.05, 0.1) is 15.8 Å². The van der Waals surface area contributed by atoms with Gasteiger partial charge in [0.2, 0.25) is 0 Å². The second kappa shape index (κ2) is 5.38. The van der Waals surface area contributed by atoms with E-state index in [1.807, 2.05) is 6.07 Å². The van der Waals surface area contributed by atoms with Gasteiger partial charge in [0.15, 0.2) is 5.13 Å². The highest BCUT2D eigenvalue weighted by atomic mass is 32.1. The van der Waals surface area contributed by atoms with Crippen molar-refractivity contribution in [3.05, 3.63) is 23.8 Å². The van der Waals surface area contributed by atoms with E-state index in [0.717, 1.165) is 36.1 Å². The molecule has 3 rings (SSSR count). The second-order valence-electron chi connectivity index (χ2n) is 5.14. The molecule has 2 aromatic rings. The van der Waals surface area contributed by atoms with Crippen LogP contribution in [0.25, 0.3) is 10.2 Å². The molecule has 0 aliphatic carbocycles. The molecule has 20 heavy (non-hydrogen) atoms. The summed E-state index contributed by atoms with van der Waals surface area (Å²) in [6.07, 6.45) is 1.83. The first-order valence-electron chi connectivity index (χ1n) is 6.67. The number of carbonyl (C=O) groups excluding carboxylic acids is 1. The van der Waals surface area contributed by atoms with Crippen LogP contribution in [0.4, 0.5) is 5.13 Å². The van der Waals surface area contributed by atoms with E-state index in [4.69, 9.17) is 10.5 Å². The number of thiazole rings is 1. The molecule has 1 aromatic carbocycles. The quantitative estimate of drug-likeness (QED) is 0.858. The van der Waals surface area contributed by atoms with E-state index >= 15 is 0 Å². The Hall–Kier alpha value is -1.66. The molecule has 0 saturated carbocycles. The minimum Gasteiger partial charge on any atom is -0.459 e. The molecule has 2 heterocycles. The van der Waals surface area contributed by atoms with Crippen LogP contribution in [-0.4, -0.2) is 42.1 Å². The van der Waals surface area contributed by atoms with Crippen LogP contribution in [0.5, 0.6) is 0 Å². The Morgan fingerprint density at radius 3 is 2.95 bits per heavy atom. The van der Waals surface area contributed by atoms with E-state index in [-0.39, 0.29) is 12.1 Å². The minimum absolute atomic E-state index is 0.0286. The van der Waals surface area contributed by atoms with Crippen molar-refractivity contribution in [2.45, 2.75) is 18.9 Å². The highest BCUT2D eigenvalue weighted by Gasteiger charge is 2.21. The number of anilines is 1. The van der Waals surface area contributed by atoms with Gasteiger partial charge >= 0.3 is 5.97 Å². The summed E-state index contributed by atoms with van der Waals surface area (Å²) in [5, 5.41) is 0.515. The van der Waals surface area contributed by atoms with Gasteiger partial charge in [-0.25, -0.2) is 9.78 Å².